The fourth-order valence-corrected chi connectivity index (χ4v) is 2.47. The lowest BCUT2D eigenvalue weighted by Crippen LogP contribution is -2.37. The quantitative estimate of drug-likeness (QED) is 0.804. The summed E-state index contributed by atoms with van der Waals surface area (Å²) in [5, 5.41) is 11.5. The Morgan fingerprint density at radius 1 is 1.47 bits per heavy atom. The molecule has 1 N–H and O–H groups in total. The van der Waals surface area contributed by atoms with Gasteiger partial charge in [0.25, 0.3) is 0 Å². The molecule has 0 aromatic carbocycles. The first kappa shape index (κ1) is 10.7. The predicted molar refractivity (Wildman–Crippen MR) is 62.3 cm³/mol. The second-order valence-electron chi connectivity index (χ2n) is 4.36. The van der Waals surface area contributed by atoms with Crippen molar-refractivity contribution < 1.29 is 0 Å². The van der Waals surface area contributed by atoms with Crippen molar-refractivity contribution in [2.24, 2.45) is 0 Å². The largest absolute Gasteiger partial charge is 0.362 e. The van der Waals surface area contributed by atoms with E-state index in [0.717, 1.165) is 24.2 Å². The summed E-state index contributed by atoms with van der Waals surface area (Å²) in [6, 6.07) is 2.01. The van der Waals surface area contributed by atoms with E-state index in [1.165, 1.54) is 12.8 Å². The van der Waals surface area contributed by atoms with Crippen molar-refractivity contribution in [1.29, 1.82) is 0 Å². The molecule has 1 aromatic rings. The standard InChI is InChI=1S/C11H16ClN3/c1-9-6-10(15-13-7-9)14-11(8-12)4-2-3-5-11/h6-7H,2-5,8H2,1H3,(H,14,15). The Morgan fingerprint density at radius 3 is 2.80 bits per heavy atom. The molecule has 82 valence electrons. The molecule has 1 aliphatic carbocycles. The summed E-state index contributed by atoms with van der Waals surface area (Å²) >= 11 is 6.04. The number of anilines is 1. The third kappa shape index (κ3) is 2.40. The summed E-state index contributed by atoms with van der Waals surface area (Å²) in [5.41, 5.74) is 1.17. The van der Waals surface area contributed by atoms with Gasteiger partial charge in [-0.25, -0.2) is 0 Å². The van der Waals surface area contributed by atoms with Gasteiger partial charge in [-0.3, -0.25) is 0 Å². The number of aryl methyl sites for hydroxylation is 1. The van der Waals surface area contributed by atoms with Crippen LogP contribution in [-0.4, -0.2) is 21.6 Å². The topological polar surface area (TPSA) is 37.8 Å². The second kappa shape index (κ2) is 4.35. The number of hydrogen-bond donors (Lipinski definition) is 1. The van der Waals surface area contributed by atoms with Crippen LogP contribution in [0, 0.1) is 6.92 Å². The van der Waals surface area contributed by atoms with E-state index in [-0.39, 0.29) is 5.54 Å². The van der Waals surface area contributed by atoms with Crippen LogP contribution in [-0.2, 0) is 0 Å². The highest BCUT2D eigenvalue weighted by atomic mass is 35.5. The van der Waals surface area contributed by atoms with E-state index in [0.29, 0.717) is 5.88 Å². The summed E-state index contributed by atoms with van der Waals surface area (Å²) in [6.07, 6.45) is 6.52. The molecule has 0 saturated heterocycles. The smallest absolute Gasteiger partial charge is 0.149 e. The predicted octanol–water partition coefficient (Wildman–Crippen LogP) is 2.75. The number of alkyl halides is 1. The van der Waals surface area contributed by atoms with Crippen molar-refractivity contribution in [3.05, 3.63) is 17.8 Å². The Balaban J connectivity index is 2.12. The zero-order valence-corrected chi connectivity index (χ0v) is 9.72. The monoisotopic (exact) mass is 225 g/mol. The average Bonchev–Trinajstić information content (AvgIpc) is 2.67. The number of nitrogens with zero attached hydrogens (tertiary/aromatic N) is 2. The lowest BCUT2D eigenvalue weighted by atomic mass is 10.0. The van der Waals surface area contributed by atoms with E-state index >= 15 is 0 Å². The fourth-order valence-electron chi connectivity index (χ4n) is 2.14. The molecule has 0 atom stereocenters. The minimum atomic E-state index is 0.0457. The third-order valence-corrected chi connectivity index (χ3v) is 3.51. The van der Waals surface area contributed by atoms with Gasteiger partial charge in [0, 0.05) is 5.88 Å². The summed E-state index contributed by atoms with van der Waals surface area (Å²) in [6.45, 7) is 2.02. The molecule has 0 radical (unpaired) electrons. The van der Waals surface area contributed by atoms with Gasteiger partial charge >= 0.3 is 0 Å². The van der Waals surface area contributed by atoms with Crippen molar-refractivity contribution in [2.45, 2.75) is 38.1 Å². The first-order chi connectivity index (χ1) is 7.24. The van der Waals surface area contributed by atoms with E-state index in [2.05, 4.69) is 15.5 Å². The first-order valence-electron chi connectivity index (χ1n) is 5.38. The maximum absolute atomic E-state index is 6.04. The Bertz CT molecular complexity index is 334. The normalized spacial score (nSPS) is 19.1. The van der Waals surface area contributed by atoms with Crippen LogP contribution in [0.25, 0.3) is 0 Å². The summed E-state index contributed by atoms with van der Waals surface area (Å²) in [4.78, 5) is 0. The number of rotatable bonds is 3. The molecule has 0 bridgehead atoms. The zero-order valence-electron chi connectivity index (χ0n) is 8.96. The molecule has 0 unspecified atom stereocenters. The van der Waals surface area contributed by atoms with Crippen LogP contribution in [0.5, 0.6) is 0 Å². The lowest BCUT2D eigenvalue weighted by Gasteiger charge is -2.28. The average molecular weight is 226 g/mol. The molecule has 1 aliphatic rings. The molecule has 2 rings (SSSR count). The highest BCUT2D eigenvalue weighted by Crippen LogP contribution is 2.33. The van der Waals surface area contributed by atoms with Gasteiger partial charge in [0.2, 0.25) is 0 Å². The summed E-state index contributed by atoms with van der Waals surface area (Å²) in [7, 11) is 0. The van der Waals surface area contributed by atoms with Crippen molar-refractivity contribution >= 4 is 17.4 Å². The molecule has 0 aliphatic heterocycles. The highest BCUT2D eigenvalue weighted by Gasteiger charge is 2.33. The lowest BCUT2D eigenvalue weighted by molar-refractivity contribution is 0.536. The third-order valence-electron chi connectivity index (χ3n) is 3.00. The highest BCUT2D eigenvalue weighted by molar-refractivity contribution is 6.18. The molecule has 3 nitrogen and oxygen atoms in total. The molecular formula is C11H16ClN3. The minimum absolute atomic E-state index is 0.0457. The maximum Gasteiger partial charge on any atom is 0.149 e. The van der Waals surface area contributed by atoms with Crippen LogP contribution in [0.1, 0.15) is 31.2 Å². The van der Waals surface area contributed by atoms with Gasteiger partial charge in [-0.05, 0) is 31.4 Å². The van der Waals surface area contributed by atoms with Crippen LogP contribution in [0.2, 0.25) is 0 Å². The first-order valence-corrected chi connectivity index (χ1v) is 5.91. The van der Waals surface area contributed by atoms with Gasteiger partial charge in [-0.2, -0.15) is 5.10 Å². The SMILES string of the molecule is Cc1cnnc(NC2(CCl)CCCC2)c1. The van der Waals surface area contributed by atoms with Gasteiger partial charge in [0.15, 0.2) is 0 Å². The van der Waals surface area contributed by atoms with Crippen molar-refractivity contribution in [2.75, 3.05) is 11.2 Å². The maximum atomic E-state index is 6.04. The molecule has 1 fully saturated rings. The number of nitrogens with one attached hydrogen (secondary N) is 1. The van der Waals surface area contributed by atoms with Crippen LogP contribution in [0.4, 0.5) is 5.82 Å². The van der Waals surface area contributed by atoms with E-state index in [1.807, 2.05) is 13.0 Å². The Hall–Kier alpha value is -0.830. The Labute approximate surface area is 95.2 Å². The molecule has 4 heteroatoms. The van der Waals surface area contributed by atoms with E-state index in [4.69, 9.17) is 11.6 Å². The second-order valence-corrected chi connectivity index (χ2v) is 4.63. The summed E-state index contributed by atoms with van der Waals surface area (Å²) in [5.74, 6) is 1.49. The number of hydrogen-bond acceptors (Lipinski definition) is 3. The van der Waals surface area contributed by atoms with E-state index in [9.17, 15) is 0 Å². The van der Waals surface area contributed by atoms with Gasteiger partial charge < -0.3 is 5.32 Å². The Kier molecular flexibility index (Phi) is 3.10. The van der Waals surface area contributed by atoms with Gasteiger partial charge in [-0.15, -0.1) is 16.7 Å². The molecule has 1 heterocycles. The molecule has 0 amide bonds. The molecular weight excluding hydrogens is 210 g/mol. The van der Waals surface area contributed by atoms with Crippen molar-refractivity contribution in [3.63, 3.8) is 0 Å². The van der Waals surface area contributed by atoms with Crippen LogP contribution in [0.3, 0.4) is 0 Å². The fraction of sp³-hybridized carbons (Fsp3) is 0.636. The van der Waals surface area contributed by atoms with E-state index < -0.39 is 0 Å². The van der Waals surface area contributed by atoms with Crippen LogP contribution in [0.15, 0.2) is 12.3 Å². The van der Waals surface area contributed by atoms with Crippen LogP contribution < -0.4 is 5.32 Å². The zero-order chi connectivity index (χ0) is 10.7. The molecule has 1 aromatic heterocycles. The molecule has 0 spiro atoms. The van der Waals surface area contributed by atoms with Gasteiger partial charge in [-0.1, -0.05) is 12.8 Å². The number of halogens is 1. The minimum Gasteiger partial charge on any atom is -0.362 e. The van der Waals surface area contributed by atoms with Crippen molar-refractivity contribution in [1.82, 2.24) is 10.2 Å². The number of aromatic nitrogens is 2. The van der Waals surface area contributed by atoms with Gasteiger partial charge in [0.05, 0.1) is 11.7 Å². The summed E-state index contributed by atoms with van der Waals surface area (Å²) < 4.78 is 0. The van der Waals surface area contributed by atoms with E-state index in [1.54, 1.807) is 6.20 Å². The van der Waals surface area contributed by atoms with Crippen molar-refractivity contribution in [3.8, 4) is 0 Å². The molecule has 15 heavy (non-hydrogen) atoms. The molecule has 1 saturated carbocycles. The Morgan fingerprint density at radius 2 is 2.20 bits per heavy atom. The van der Waals surface area contributed by atoms with Gasteiger partial charge in [0.1, 0.15) is 5.82 Å². The van der Waals surface area contributed by atoms with Crippen LogP contribution >= 0.6 is 11.6 Å².